The Morgan fingerprint density at radius 3 is 2.67 bits per heavy atom. The van der Waals surface area contributed by atoms with Crippen LogP contribution in [0, 0.1) is 10.1 Å². The summed E-state index contributed by atoms with van der Waals surface area (Å²) in [4.78, 5) is 24.8. The minimum absolute atomic E-state index is 0.0148. The van der Waals surface area contributed by atoms with E-state index in [0.717, 1.165) is 45.7 Å². The minimum atomic E-state index is -0.454. The van der Waals surface area contributed by atoms with Gasteiger partial charge in [-0.2, -0.15) is 5.10 Å². The van der Waals surface area contributed by atoms with Gasteiger partial charge in [0.05, 0.1) is 35.6 Å². The molecule has 0 atom stereocenters. The molecule has 1 aromatic carbocycles. The van der Waals surface area contributed by atoms with Crippen LogP contribution in [0.1, 0.15) is 23.2 Å². The molecule has 3 rings (SSSR count). The second-order valence-corrected chi connectivity index (χ2v) is 6.36. The lowest BCUT2D eigenvalue weighted by atomic mass is 10.2. The summed E-state index contributed by atoms with van der Waals surface area (Å²) in [5, 5.41) is 17.8. The quantitative estimate of drug-likeness (QED) is 0.429. The Morgan fingerprint density at radius 1 is 1.22 bits per heavy atom. The summed E-state index contributed by atoms with van der Waals surface area (Å²) in [7, 11) is 0. The van der Waals surface area contributed by atoms with Gasteiger partial charge in [0.25, 0.3) is 11.6 Å². The number of aromatic nitrogens is 2. The maximum absolute atomic E-state index is 12.2. The van der Waals surface area contributed by atoms with E-state index in [9.17, 15) is 14.9 Å². The van der Waals surface area contributed by atoms with Crippen molar-refractivity contribution >= 4 is 11.6 Å². The largest absolute Gasteiger partial charge is 0.379 e. The SMILES string of the molecule is O=C(NCCCCN1CCOCC1)c1cnn(-c2ccc([N+](=O)[O-])cc2)c1. The van der Waals surface area contributed by atoms with E-state index in [0.29, 0.717) is 17.8 Å². The molecule has 144 valence electrons. The molecule has 0 bridgehead atoms. The van der Waals surface area contributed by atoms with E-state index in [4.69, 9.17) is 4.74 Å². The Balaban J connectivity index is 1.43. The van der Waals surface area contributed by atoms with Crippen molar-refractivity contribution in [3.05, 3.63) is 52.3 Å². The molecular weight excluding hydrogens is 350 g/mol. The molecule has 2 heterocycles. The van der Waals surface area contributed by atoms with Gasteiger partial charge >= 0.3 is 0 Å². The van der Waals surface area contributed by atoms with Crippen LogP contribution in [0.4, 0.5) is 5.69 Å². The smallest absolute Gasteiger partial charge is 0.269 e. The van der Waals surface area contributed by atoms with Crippen LogP contribution in [0.5, 0.6) is 0 Å². The minimum Gasteiger partial charge on any atom is -0.379 e. The summed E-state index contributed by atoms with van der Waals surface area (Å²) < 4.78 is 6.85. The molecule has 1 aromatic heterocycles. The highest BCUT2D eigenvalue weighted by Gasteiger charge is 2.11. The van der Waals surface area contributed by atoms with Crippen LogP contribution in [0.25, 0.3) is 5.69 Å². The van der Waals surface area contributed by atoms with E-state index in [-0.39, 0.29) is 11.6 Å². The number of unbranched alkanes of at least 4 members (excludes halogenated alkanes) is 1. The number of carbonyl (C=O) groups is 1. The lowest BCUT2D eigenvalue weighted by molar-refractivity contribution is -0.384. The third-order valence-corrected chi connectivity index (χ3v) is 4.46. The lowest BCUT2D eigenvalue weighted by Crippen LogP contribution is -2.37. The first kappa shape index (κ1) is 19.0. The van der Waals surface area contributed by atoms with Crippen molar-refractivity contribution in [2.45, 2.75) is 12.8 Å². The molecule has 0 saturated carbocycles. The predicted molar refractivity (Wildman–Crippen MR) is 99.0 cm³/mol. The Morgan fingerprint density at radius 2 is 1.96 bits per heavy atom. The molecule has 0 radical (unpaired) electrons. The molecule has 0 spiro atoms. The zero-order valence-electron chi connectivity index (χ0n) is 15.0. The second-order valence-electron chi connectivity index (χ2n) is 6.36. The van der Waals surface area contributed by atoms with Crippen LogP contribution in [0.2, 0.25) is 0 Å². The second kappa shape index (κ2) is 9.24. The molecule has 27 heavy (non-hydrogen) atoms. The molecule has 1 aliphatic heterocycles. The van der Waals surface area contributed by atoms with Gasteiger partial charge in [0.2, 0.25) is 0 Å². The highest BCUT2D eigenvalue weighted by Crippen LogP contribution is 2.15. The number of hydrogen-bond acceptors (Lipinski definition) is 6. The van der Waals surface area contributed by atoms with Crippen LogP contribution < -0.4 is 5.32 Å². The number of nitrogens with zero attached hydrogens (tertiary/aromatic N) is 4. The number of rotatable bonds is 8. The van der Waals surface area contributed by atoms with Crippen LogP contribution in [-0.4, -0.2) is 64.9 Å². The van der Waals surface area contributed by atoms with Gasteiger partial charge in [-0.15, -0.1) is 0 Å². The first-order valence-corrected chi connectivity index (χ1v) is 9.01. The van der Waals surface area contributed by atoms with Gasteiger partial charge in [0, 0.05) is 38.0 Å². The van der Waals surface area contributed by atoms with Crippen molar-refractivity contribution in [3.63, 3.8) is 0 Å². The maximum atomic E-state index is 12.2. The molecule has 9 nitrogen and oxygen atoms in total. The molecule has 1 saturated heterocycles. The summed E-state index contributed by atoms with van der Waals surface area (Å²) in [6, 6.07) is 6.01. The third-order valence-electron chi connectivity index (χ3n) is 4.46. The topological polar surface area (TPSA) is 103 Å². The number of benzene rings is 1. The third kappa shape index (κ3) is 5.35. The zero-order valence-corrected chi connectivity index (χ0v) is 15.0. The monoisotopic (exact) mass is 373 g/mol. The van der Waals surface area contributed by atoms with Crippen molar-refractivity contribution in [1.82, 2.24) is 20.0 Å². The number of ether oxygens (including phenoxy) is 1. The summed E-state index contributed by atoms with van der Waals surface area (Å²) in [6.07, 6.45) is 5.05. The average Bonchev–Trinajstić information content (AvgIpc) is 3.19. The molecule has 1 N–H and O–H groups in total. The number of nitro groups is 1. The van der Waals surface area contributed by atoms with Crippen LogP contribution in [0.15, 0.2) is 36.7 Å². The normalized spacial score (nSPS) is 14.8. The zero-order chi connectivity index (χ0) is 19.1. The molecule has 1 aliphatic rings. The molecule has 2 aromatic rings. The number of carbonyl (C=O) groups excluding carboxylic acids is 1. The predicted octanol–water partition coefficient (Wildman–Crippen LogP) is 1.62. The van der Waals surface area contributed by atoms with E-state index in [2.05, 4.69) is 15.3 Å². The fourth-order valence-corrected chi connectivity index (χ4v) is 2.90. The summed E-state index contributed by atoms with van der Waals surface area (Å²) >= 11 is 0. The van der Waals surface area contributed by atoms with Gasteiger partial charge in [0.1, 0.15) is 0 Å². The number of hydrogen-bond donors (Lipinski definition) is 1. The number of amides is 1. The molecule has 9 heteroatoms. The molecule has 0 unspecified atom stereocenters. The van der Waals surface area contributed by atoms with Crippen LogP contribution >= 0.6 is 0 Å². The molecule has 1 amide bonds. The standard InChI is InChI=1S/C18H23N5O4/c24-18(19-7-1-2-8-21-9-11-27-12-10-21)15-13-20-22(14-15)16-3-5-17(6-4-16)23(25)26/h3-6,13-14H,1-2,7-12H2,(H,19,24). The van der Waals surface area contributed by atoms with Crippen molar-refractivity contribution in [2.75, 3.05) is 39.4 Å². The van der Waals surface area contributed by atoms with Gasteiger partial charge < -0.3 is 10.1 Å². The fraction of sp³-hybridized carbons (Fsp3) is 0.444. The van der Waals surface area contributed by atoms with Gasteiger partial charge in [-0.25, -0.2) is 4.68 Å². The van der Waals surface area contributed by atoms with Crippen molar-refractivity contribution in [3.8, 4) is 5.69 Å². The first-order chi connectivity index (χ1) is 13.1. The summed E-state index contributed by atoms with van der Waals surface area (Å²) in [5.41, 5.74) is 1.13. The van der Waals surface area contributed by atoms with Crippen LogP contribution in [-0.2, 0) is 4.74 Å². The summed E-state index contributed by atoms with van der Waals surface area (Å²) in [5.74, 6) is -0.172. The lowest BCUT2D eigenvalue weighted by Gasteiger charge is -2.26. The van der Waals surface area contributed by atoms with Crippen LogP contribution in [0.3, 0.4) is 0 Å². The number of nitrogens with one attached hydrogen (secondary N) is 1. The molecule has 1 fully saturated rings. The van der Waals surface area contributed by atoms with Gasteiger partial charge in [-0.05, 0) is 31.5 Å². The van der Waals surface area contributed by atoms with E-state index in [1.54, 1.807) is 18.3 Å². The van der Waals surface area contributed by atoms with E-state index >= 15 is 0 Å². The van der Waals surface area contributed by atoms with Crippen molar-refractivity contribution < 1.29 is 14.5 Å². The van der Waals surface area contributed by atoms with Crippen molar-refractivity contribution in [1.29, 1.82) is 0 Å². The Hall–Kier alpha value is -2.78. The van der Waals surface area contributed by atoms with Gasteiger partial charge in [-0.1, -0.05) is 0 Å². The maximum Gasteiger partial charge on any atom is 0.269 e. The van der Waals surface area contributed by atoms with E-state index < -0.39 is 4.92 Å². The fourth-order valence-electron chi connectivity index (χ4n) is 2.90. The number of nitro benzene ring substituents is 1. The van der Waals surface area contributed by atoms with Gasteiger partial charge in [0.15, 0.2) is 0 Å². The molecule has 0 aliphatic carbocycles. The van der Waals surface area contributed by atoms with E-state index in [1.807, 2.05) is 0 Å². The van der Waals surface area contributed by atoms with Crippen molar-refractivity contribution in [2.24, 2.45) is 0 Å². The summed E-state index contributed by atoms with van der Waals surface area (Å²) in [6.45, 7) is 5.20. The highest BCUT2D eigenvalue weighted by atomic mass is 16.6. The number of non-ortho nitro benzene ring substituents is 1. The Kier molecular flexibility index (Phi) is 6.50. The van der Waals surface area contributed by atoms with Gasteiger partial charge in [-0.3, -0.25) is 19.8 Å². The Bertz CT molecular complexity index is 768. The highest BCUT2D eigenvalue weighted by molar-refractivity contribution is 5.93. The first-order valence-electron chi connectivity index (χ1n) is 9.01. The Labute approximate surface area is 157 Å². The number of morpholine rings is 1. The average molecular weight is 373 g/mol. The van der Waals surface area contributed by atoms with E-state index in [1.165, 1.54) is 23.0 Å². The molecular formula is C18H23N5O4.